The van der Waals surface area contributed by atoms with Gasteiger partial charge in [0.1, 0.15) is 0 Å². The van der Waals surface area contributed by atoms with Crippen LogP contribution in [-0.2, 0) is 4.79 Å². The average molecular weight is 103 g/mol. The molecule has 0 aliphatic carbocycles. The molecule has 4 nitrogen and oxygen atoms in total. The van der Waals surface area contributed by atoms with Crippen LogP contribution in [0.3, 0.4) is 0 Å². The van der Waals surface area contributed by atoms with Gasteiger partial charge in [-0.3, -0.25) is 0 Å². The Balaban J connectivity index is 3.32. The molecule has 0 saturated heterocycles. The second-order valence-electron chi connectivity index (χ2n) is 1.14. The Morgan fingerprint density at radius 3 is 2.43 bits per heavy atom. The van der Waals surface area contributed by atoms with Crippen molar-refractivity contribution in [2.24, 2.45) is 5.84 Å². The summed E-state index contributed by atoms with van der Waals surface area (Å²) in [6.45, 7) is 2.89. The van der Waals surface area contributed by atoms with E-state index in [9.17, 15) is 4.79 Å². The first-order valence-corrected chi connectivity index (χ1v) is 1.67. The van der Waals surface area contributed by atoms with E-state index < -0.39 is 5.97 Å². The van der Waals surface area contributed by atoms with Gasteiger partial charge in [0.25, 0.3) is 6.54 Å². The van der Waals surface area contributed by atoms with E-state index in [1.54, 1.807) is 0 Å². The van der Waals surface area contributed by atoms with Gasteiger partial charge in [0.15, 0.2) is 6.72 Å². The maximum Gasteiger partial charge on any atom is 0.372 e. The number of carbonyl (C=O) groups is 1. The summed E-state index contributed by atoms with van der Waals surface area (Å²) in [5, 5.41) is 7.92. The molecule has 0 aromatic rings. The van der Waals surface area contributed by atoms with E-state index in [1.807, 2.05) is 0 Å². The fourth-order valence-electron chi connectivity index (χ4n) is 0.174. The van der Waals surface area contributed by atoms with Gasteiger partial charge in [0.2, 0.25) is 0 Å². The SMILES string of the molecule is C=[N+](N)CC(=O)O. The number of hydrazone groups is 1. The molecule has 0 bridgehead atoms. The van der Waals surface area contributed by atoms with E-state index in [1.165, 1.54) is 0 Å². The van der Waals surface area contributed by atoms with Crippen LogP contribution in [0.4, 0.5) is 0 Å². The third-order valence-corrected chi connectivity index (χ3v) is 0.338. The van der Waals surface area contributed by atoms with E-state index >= 15 is 0 Å². The van der Waals surface area contributed by atoms with Crippen molar-refractivity contribution in [3.05, 3.63) is 0 Å². The second kappa shape index (κ2) is 2.17. The van der Waals surface area contributed by atoms with Crippen molar-refractivity contribution in [2.75, 3.05) is 6.54 Å². The molecule has 0 fully saturated rings. The number of nitrogens with zero attached hydrogens (tertiary/aromatic N) is 1. The number of rotatable bonds is 2. The number of hydrogen-bond donors (Lipinski definition) is 2. The molecule has 0 atom stereocenters. The van der Waals surface area contributed by atoms with Gasteiger partial charge in [0, 0.05) is 0 Å². The van der Waals surface area contributed by atoms with Crippen LogP contribution in [0, 0.1) is 0 Å². The predicted molar refractivity (Wildman–Crippen MR) is 24.1 cm³/mol. The van der Waals surface area contributed by atoms with Crippen LogP contribution >= 0.6 is 0 Å². The van der Waals surface area contributed by atoms with Crippen molar-refractivity contribution >= 4 is 12.7 Å². The van der Waals surface area contributed by atoms with Crippen molar-refractivity contribution in [2.45, 2.75) is 0 Å². The molecule has 3 N–H and O–H groups in total. The van der Waals surface area contributed by atoms with Gasteiger partial charge in [-0.15, -0.1) is 4.68 Å². The molecule has 4 heteroatoms. The summed E-state index contributed by atoms with van der Waals surface area (Å²) < 4.78 is 0.850. The smallest absolute Gasteiger partial charge is 0.372 e. The topological polar surface area (TPSA) is 66.3 Å². The Labute approximate surface area is 40.8 Å². The molecule has 0 saturated carbocycles. The lowest BCUT2D eigenvalue weighted by Crippen LogP contribution is -2.24. The van der Waals surface area contributed by atoms with Crippen LogP contribution < -0.4 is 5.84 Å². The van der Waals surface area contributed by atoms with Gasteiger partial charge in [-0.1, -0.05) is 0 Å². The van der Waals surface area contributed by atoms with Crippen LogP contribution in [0.5, 0.6) is 0 Å². The summed E-state index contributed by atoms with van der Waals surface area (Å²) in [5.74, 6) is 3.86. The molecule has 0 aliphatic rings. The molecule has 0 aromatic heterocycles. The highest BCUT2D eigenvalue weighted by Gasteiger charge is 2.00. The summed E-state index contributed by atoms with van der Waals surface area (Å²) in [6, 6.07) is 0. The highest BCUT2D eigenvalue weighted by Crippen LogP contribution is 1.57. The maximum atomic E-state index is 9.65. The molecule has 0 unspecified atom stereocenters. The number of carboxylic acid groups (broad SMARTS) is 1. The lowest BCUT2D eigenvalue weighted by Gasteiger charge is -1.82. The van der Waals surface area contributed by atoms with Crippen LogP contribution in [0.1, 0.15) is 0 Å². The molecule has 0 radical (unpaired) electrons. The normalized spacial score (nSPS) is 8.00. The summed E-state index contributed by atoms with van der Waals surface area (Å²) in [5.41, 5.74) is 0. The second-order valence-corrected chi connectivity index (χ2v) is 1.14. The van der Waals surface area contributed by atoms with Gasteiger partial charge in [-0.25, -0.2) is 10.6 Å². The third kappa shape index (κ3) is 4.94. The first-order chi connectivity index (χ1) is 3.13. The van der Waals surface area contributed by atoms with Crippen molar-refractivity contribution in [3.8, 4) is 0 Å². The molecule has 0 aromatic carbocycles. The van der Waals surface area contributed by atoms with Crippen molar-refractivity contribution < 1.29 is 14.6 Å². The van der Waals surface area contributed by atoms with Crippen molar-refractivity contribution in [1.29, 1.82) is 0 Å². The zero-order chi connectivity index (χ0) is 5.86. The van der Waals surface area contributed by atoms with Crippen LogP contribution in [0.2, 0.25) is 0 Å². The van der Waals surface area contributed by atoms with E-state index in [0.29, 0.717) is 0 Å². The minimum Gasteiger partial charge on any atom is -0.476 e. The molecular formula is C3H7N2O2+. The van der Waals surface area contributed by atoms with Gasteiger partial charge in [-0.2, -0.15) is 0 Å². The standard InChI is InChI=1S/C3H6N2O2/c1-5(4)2-3(6)7/h1-2,4H2/p+1. The maximum absolute atomic E-state index is 9.65. The van der Waals surface area contributed by atoms with E-state index in [0.717, 1.165) is 4.68 Å². The summed E-state index contributed by atoms with van der Waals surface area (Å²) >= 11 is 0. The molecule has 40 valence electrons. The number of carboxylic acids is 1. The van der Waals surface area contributed by atoms with E-state index in [2.05, 4.69) is 6.72 Å². The molecule has 0 aliphatic heterocycles. The molecule has 0 amide bonds. The van der Waals surface area contributed by atoms with Gasteiger partial charge < -0.3 is 5.11 Å². The minimum atomic E-state index is -0.975. The average Bonchev–Trinajstić information content (AvgIpc) is 1.27. The molecule has 0 heterocycles. The van der Waals surface area contributed by atoms with Gasteiger partial charge in [-0.05, 0) is 0 Å². The Hall–Kier alpha value is -1.06. The van der Waals surface area contributed by atoms with Gasteiger partial charge >= 0.3 is 5.97 Å². The Kier molecular flexibility index (Phi) is 1.84. The number of hydrogen-bond acceptors (Lipinski definition) is 2. The summed E-state index contributed by atoms with van der Waals surface area (Å²) in [6.07, 6.45) is 0. The molecule has 7 heavy (non-hydrogen) atoms. The van der Waals surface area contributed by atoms with E-state index in [4.69, 9.17) is 10.9 Å². The highest BCUT2D eigenvalue weighted by molar-refractivity contribution is 5.67. The van der Waals surface area contributed by atoms with Crippen LogP contribution in [-0.4, -0.2) is 29.0 Å². The minimum absolute atomic E-state index is 0.222. The first kappa shape index (κ1) is 5.94. The molecule has 0 spiro atoms. The predicted octanol–water partition coefficient (Wildman–Crippen LogP) is -1.34. The third-order valence-electron chi connectivity index (χ3n) is 0.338. The zero-order valence-corrected chi connectivity index (χ0v) is 3.79. The Morgan fingerprint density at radius 1 is 2.00 bits per heavy atom. The first-order valence-electron chi connectivity index (χ1n) is 1.67. The van der Waals surface area contributed by atoms with E-state index in [-0.39, 0.29) is 6.54 Å². The van der Waals surface area contributed by atoms with Gasteiger partial charge in [0.05, 0.1) is 0 Å². The lowest BCUT2D eigenvalue weighted by molar-refractivity contribution is -0.521. The number of aliphatic carboxylic acids is 1. The fourth-order valence-corrected chi connectivity index (χ4v) is 0.174. The molecular weight excluding hydrogens is 96.0 g/mol. The quantitative estimate of drug-likeness (QED) is 0.197. The van der Waals surface area contributed by atoms with Crippen molar-refractivity contribution in [1.82, 2.24) is 0 Å². The zero-order valence-electron chi connectivity index (χ0n) is 3.79. The largest absolute Gasteiger partial charge is 0.476 e. The molecule has 0 rings (SSSR count). The monoisotopic (exact) mass is 103 g/mol. The summed E-state index contributed by atoms with van der Waals surface area (Å²) in [4.78, 5) is 9.65. The fraction of sp³-hybridized carbons (Fsp3) is 0.333. The Bertz CT molecular complexity index is 87.1. The van der Waals surface area contributed by atoms with Crippen LogP contribution in [0.15, 0.2) is 0 Å². The number of hydrazine groups is 1. The van der Waals surface area contributed by atoms with Crippen molar-refractivity contribution in [3.63, 3.8) is 0 Å². The van der Waals surface area contributed by atoms with Crippen LogP contribution in [0.25, 0.3) is 0 Å². The summed E-state index contributed by atoms with van der Waals surface area (Å²) in [7, 11) is 0. The lowest BCUT2D eigenvalue weighted by atomic mass is 10.7. The Morgan fingerprint density at radius 2 is 2.43 bits per heavy atom. The number of nitrogens with two attached hydrogens (primary N) is 1. The highest BCUT2D eigenvalue weighted by atomic mass is 16.4.